The van der Waals surface area contributed by atoms with Crippen molar-refractivity contribution in [2.75, 3.05) is 5.32 Å². The van der Waals surface area contributed by atoms with Crippen molar-refractivity contribution >= 4 is 35.0 Å². The van der Waals surface area contributed by atoms with Gasteiger partial charge in [-0.25, -0.2) is 0 Å². The van der Waals surface area contributed by atoms with Gasteiger partial charge in [-0.2, -0.15) is 0 Å². The number of hydrogen-bond acceptors (Lipinski definition) is 4. The molecule has 7 nitrogen and oxygen atoms in total. The van der Waals surface area contributed by atoms with Gasteiger partial charge in [0.05, 0.1) is 24.0 Å². The lowest BCUT2D eigenvalue weighted by molar-refractivity contribution is -0.144. The van der Waals surface area contributed by atoms with Crippen LogP contribution in [-0.2, 0) is 19.1 Å². The van der Waals surface area contributed by atoms with Crippen molar-refractivity contribution in [3.05, 3.63) is 77.3 Å². The summed E-state index contributed by atoms with van der Waals surface area (Å²) in [6.07, 6.45) is 6.22. The van der Waals surface area contributed by atoms with E-state index in [4.69, 9.17) is 16.3 Å². The Morgan fingerprint density at radius 1 is 1.07 bits per heavy atom. The van der Waals surface area contributed by atoms with Crippen molar-refractivity contribution in [3.63, 3.8) is 0 Å². The normalized spacial score (nSPS) is 35.0. The average molecular weight is 562 g/mol. The molecule has 2 aromatic carbocycles. The largest absolute Gasteiger partial charge is 0.359 e. The molecule has 9 atom stereocenters. The smallest absolute Gasteiger partial charge is 0.246 e. The molecule has 1 saturated carbocycles. The van der Waals surface area contributed by atoms with Gasteiger partial charge in [-0.15, -0.1) is 0 Å². The lowest BCUT2D eigenvalue weighted by Gasteiger charge is -2.39. The van der Waals surface area contributed by atoms with E-state index in [1.165, 1.54) is 0 Å². The van der Waals surface area contributed by atoms with Gasteiger partial charge in [-0.1, -0.05) is 86.8 Å². The summed E-state index contributed by atoms with van der Waals surface area (Å²) in [6.45, 7) is 6.36. The topological polar surface area (TPSA) is 87.7 Å². The molecule has 0 radical (unpaired) electrons. The Labute approximate surface area is 240 Å². The van der Waals surface area contributed by atoms with Crippen LogP contribution in [0.5, 0.6) is 0 Å². The minimum atomic E-state index is -1.21. The molecular formula is C32H36ClN3O4. The lowest BCUT2D eigenvalue weighted by atomic mass is 9.73. The second-order valence-electron chi connectivity index (χ2n) is 11.9. The molecule has 6 rings (SSSR count). The summed E-state index contributed by atoms with van der Waals surface area (Å²) in [5.41, 5.74) is 0.255. The van der Waals surface area contributed by atoms with Gasteiger partial charge >= 0.3 is 0 Å². The van der Waals surface area contributed by atoms with E-state index in [1.807, 2.05) is 49.4 Å². The number of hydrogen-bond donors (Lipinski definition) is 2. The van der Waals surface area contributed by atoms with Crippen molar-refractivity contribution in [2.45, 2.75) is 69.9 Å². The van der Waals surface area contributed by atoms with Crippen LogP contribution in [0.4, 0.5) is 5.69 Å². The van der Waals surface area contributed by atoms with E-state index in [1.54, 1.807) is 29.2 Å². The zero-order valence-electron chi connectivity index (χ0n) is 23.0. The number of halogens is 1. The number of fused-ring (bicyclic) bond motifs is 1. The Morgan fingerprint density at radius 2 is 1.85 bits per heavy atom. The number of anilines is 1. The molecule has 0 aromatic heterocycles. The highest BCUT2D eigenvalue weighted by Crippen LogP contribution is 2.56. The van der Waals surface area contributed by atoms with Crippen LogP contribution in [0.25, 0.3) is 0 Å². The number of nitrogens with zero attached hydrogens (tertiary/aromatic N) is 1. The molecule has 3 fully saturated rings. The maximum atomic E-state index is 14.4. The molecular weight excluding hydrogens is 526 g/mol. The summed E-state index contributed by atoms with van der Waals surface area (Å²) >= 11 is 6.14. The Hall–Kier alpha value is -3.16. The van der Waals surface area contributed by atoms with Crippen LogP contribution in [0.1, 0.15) is 51.6 Å². The molecule has 2 saturated heterocycles. The Balaban J connectivity index is 1.35. The number of likely N-dealkylation sites (tertiary alicyclic amines) is 1. The van der Waals surface area contributed by atoms with Crippen LogP contribution in [0.2, 0.25) is 5.02 Å². The van der Waals surface area contributed by atoms with Crippen molar-refractivity contribution in [3.8, 4) is 0 Å². The van der Waals surface area contributed by atoms with Crippen molar-refractivity contribution in [2.24, 2.45) is 23.7 Å². The highest BCUT2D eigenvalue weighted by Gasteiger charge is 2.73. The van der Waals surface area contributed by atoms with Gasteiger partial charge in [0.25, 0.3) is 0 Å². The van der Waals surface area contributed by atoms with Crippen molar-refractivity contribution in [1.29, 1.82) is 0 Å². The Kier molecular flexibility index (Phi) is 6.99. The number of benzene rings is 2. The average Bonchev–Trinajstić information content (AvgIpc) is 3.58. The van der Waals surface area contributed by atoms with Crippen molar-refractivity contribution < 1.29 is 19.1 Å². The molecule has 2 aromatic rings. The van der Waals surface area contributed by atoms with Crippen LogP contribution in [-0.4, -0.2) is 46.4 Å². The molecule has 3 heterocycles. The van der Waals surface area contributed by atoms with Crippen LogP contribution in [0.15, 0.2) is 66.7 Å². The van der Waals surface area contributed by atoms with E-state index in [9.17, 15) is 14.4 Å². The van der Waals surface area contributed by atoms with Crippen molar-refractivity contribution in [1.82, 2.24) is 10.2 Å². The second kappa shape index (κ2) is 10.3. The van der Waals surface area contributed by atoms with Gasteiger partial charge < -0.3 is 20.3 Å². The first kappa shape index (κ1) is 27.0. The molecule has 8 heteroatoms. The molecule has 3 aliphatic heterocycles. The fourth-order valence-electron chi connectivity index (χ4n) is 7.35. The van der Waals surface area contributed by atoms with Gasteiger partial charge in [0.2, 0.25) is 17.7 Å². The molecule has 2 N–H and O–H groups in total. The summed E-state index contributed by atoms with van der Waals surface area (Å²) in [5, 5.41) is 6.74. The molecule has 4 aliphatic rings. The minimum absolute atomic E-state index is 0.0280. The monoisotopic (exact) mass is 561 g/mol. The first-order valence-electron chi connectivity index (χ1n) is 14.3. The standard InChI is InChI=1S/C32H36ClN3O4/c1-18-9-7-14-24(19(18)2)35-30(38)28-32-16-15-25(40-32)26(29(37)34-23-13-8-12-22(33)17-23)27(32)31(39)36(28)20(3)21-10-5-4-6-11-21/h4-6,8,10-13,15-20,24-28H,7,9,14H2,1-3H3,(H,34,37)(H,35,38)/t18?,19?,20?,24?,25-,26?,27-,28?,32?/m0/s1. The predicted octanol–water partition coefficient (Wildman–Crippen LogP) is 5.13. The fourth-order valence-corrected chi connectivity index (χ4v) is 7.55. The Bertz CT molecular complexity index is 1350. The van der Waals surface area contributed by atoms with Crippen LogP contribution >= 0.6 is 11.6 Å². The molecule has 40 heavy (non-hydrogen) atoms. The van der Waals surface area contributed by atoms with Crippen LogP contribution in [0.3, 0.4) is 0 Å². The zero-order valence-corrected chi connectivity index (χ0v) is 23.8. The third kappa shape index (κ3) is 4.34. The summed E-state index contributed by atoms with van der Waals surface area (Å²) in [6, 6.07) is 15.4. The SMILES string of the molecule is CC1CCCC(NC(=O)C2N(C(C)c3ccccc3)C(=O)[C@@H]3C(C(=O)Nc4cccc(Cl)c4)[C@@H]4C=CC23O4)C1C. The number of ether oxygens (including phenoxy) is 1. The number of rotatable bonds is 6. The van der Waals surface area contributed by atoms with Gasteiger partial charge in [0.1, 0.15) is 11.6 Å². The van der Waals surface area contributed by atoms with Gasteiger partial charge in [-0.3, -0.25) is 14.4 Å². The number of carbonyl (C=O) groups is 3. The summed E-state index contributed by atoms with van der Waals surface area (Å²) in [4.78, 5) is 44.0. The summed E-state index contributed by atoms with van der Waals surface area (Å²) < 4.78 is 6.52. The number of carbonyl (C=O) groups excluding carboxylic acids is 3. The maximum Gasteiger partial charge on any atom is 0.246 e. The third-order valence-electron chi connectivity index (χ3n) is 9.69. The molecule has 210 valence electrons. The predicted molar refractivity (Wildman–Crippen MR) is 153 cm³/mol. The molecule has 7 unspecified atom stereocenters. The minimum Gasteiger partial charge on any atom is -0.359 e. The van der Waals surface area contributed by atoms with E-state index in [0.717, 1.165) is 24.8 Å². The van der Waals surface area contributed by atoms with Crippen LogP contribution < -0.4 is 10.6 Å². The van der Waals surface area contributed by atoms with E-state index in [0.29, 0.717) is 22.5 Å². The third-order valence-corrected chi connectivity index (χ3v) is 9.92. The van der Waals surface area contributed by atoms with Gasteiger partial charge in [0, 0.05) is 16.8 Å². The quantitative estimate of drug-likeness (QED) is 0.479. The molecule has 1 spiro atoms. The summed E-state index contributed by atoms with van der Waals surface area (Å²) in [7, 11) is 0. The first-order chi connectivity index (χ1) is 19.2. The second-order valence-corrected chi connectivity index (χ2v) is 12.4. The van der Waals surface area contributed by atoms with E-state index in [2.05, 4.69) is 24.5 Å². The van der Waals surface area contributed by atoms with Crippen LogP contribution in [0, 0.1) is 23.7 Å². The maximum absolute atomic E-state index is 14.4. The van der Waals surface area contributed by atoms with E-state index >= 15 is 0 Å². The van der Waals surface area contributed by atoms with E-state index < -0.39 is 29.6 Å². The van der Waals surface area contributed by atoms with Gasteiger partial charge in [0.15, 0.2) is 0 Å². The molecule has 3 amide bonds. The first-order valence-corrected chi connectivity index (χ1v) is 14.7. The van der Waals surface area contributed by atoms with E-state index in [-0.39, 0.29) is 29.8 Å². The summed E-state index contributed by atoms with van der Waals surface area (Å²) in [5.74, 6) is -1.52. The molecule has 2 bridgehead atoms. The lowest BCUT2D eigenvalue weighted by Crippen LogP contribution is -2.58. The number of nitrogens with one attached hydrogen (secondary N) is 2. The molecule has 1 aliphatic carbocycles. The van der Waals surface area contributed by atoms with Gasteiger partial charge in [-0.05, 0) is 48.9 Å². The highest BCUT2D eigenvalue weighted by molar-refractivity contribution is 6.30. The highest BCUT2D eigenvalue weighted by atomic mass is 35.5. The number of amides is 3. The Morgan fingerprint density at radius 3 is 2.60 bits per heavy atom. The zero-order chi connectivity index (χ0) is 28.2. The fraction of sp³-hybridized carbons (Fsp3) is 0.469.